The molecule has 1 heterocycles. The number of hydrogen-bond donors (Lipinski definition) is 1. The highest BCUT2D eigenvalue weighted by molar-refractivity contribution is 7.07. The fourth-order valence-electron chi connectivity index (χ4n) is 1.81. The second kappa shape index (κ2) is 6.53. The molecule has 2 aromatic rings. The topological polar surface area (TPSA) is 24.9 Å². The Morgan fingerprint density at radius 2 is 2.22 bits per heavy atom. The molecule has 0 aliphatic heterocycles. The van der Waals surface area contributed by atoms with Gasteiger partial charge in [-0.3, -0.25) is 0 Å². The van der Waals surface area contributed by atoms with E-state index in [2.05, 4.69) is 17.2 Å². The van der Waals surface area contributed by atoms with Crippen molar-refractivity contribution in [3.63, 3.8) is 0 Å². The standard InChI is InChI=1S/C13H14Cl2N2S/c1-2-13(16-6-10-7-18-8-17-10)11-4-3-9(14)5-12(11)15/h3-5,7-8,13,16H,2,6H2,1H3. The van der Waals surface area contributed by atoms with E-state index in [1.54, 1.807) is 17.4 Å². The SMILES string of the molecule is CCC(NCc1cscn1)c1ccc(Cl)cc1Cl. The Balaban J connectivity index is 2.08. The van der Waals surface area contributed by atoms with Crippen LogP contribution in [-0.2, 0) is 6.54 Å². The average molecular weight is 301 g/mol. The average Bonchev–Trinajstić information content (AvgIpc) is 2.85. The van der Waals surface area contributed by atoms with Crippen molar-refractivity contribution in [1.29, 1.82) is 0 Å². The van der Waals surface area contributed by atoms with Crippen molar-refractivity contribution < 1.29 is 0 Å². The van der Waals surface area contributed by atoms with Crippen LogP contribution in [0.4, 0.5) is 0 Å². The highest BCUT2D eigenvalue weighted by atomic mass is 35.5. The van der Waals surface area contributed by atoms with Gasteiger partial charge in [0.2, 0.25) is 0 Å². The van der Waals surface area contributed by atoms with Gasteiger partial charge in [-0.05, 0) is 24.1 Å². The zero-order valence-corrected chi connectivity index (χ0v) is 12.3. The molecule has 0 fully saturated rings. The number of halogens is 2. The van der Waals surface area contributed by atoms with Gasteiger partial charge in [-0.15, -0.1) is 11.3 Å². The molecular formula is C13H14Cl2N2S. The van der Waals surface area contributed by atoms with Crippen LogP contribution in [0.1, 0.15) is 30.6 Å². The molecule has 0 bridgehead atoms. The minimum absolute atomic E-state index is 0.219. The predicted molar refractivity (Wildman–Crippen MR) is 78.4 cm³/mol. The molecule has 18 heavy (non-hydrogen) atoms. The summed E-state index contributed by atoms with van der Waals surface area (Å²) >= 11 is 13.7. The normalized spacial score (nSPS) is 12.6. The van der Waals surface area contributed by atoms with Gasteiger partial charge in [0.05, 0.1) is 11.2 Å². The Kier molecular flexibility index (Phi) is 5.01. The summed E-state index contributed by atoms with van der Waals surface area (Å²) in [4.78, 5) is 4.25. The third-order valence-electron chi connectivity index (χ3n) is 2.76. The fraction of sp³-hybridized carbons (Fsp3) is 0.308. The molecule has 0 aliphatic carbocycles. The van der Waals surface area contributed by atoms with Crippen molar-refractivity contribution in [1.82, 2.24) is 10.3 Å². The van der Waals surface area contributed by atoms with Gasteiger partial charge < -0.3 is 5.32 Å². The number of thiazole rings is 1. The first-order valence-electron chi connectivity index (χ1n) is 5.76. The molecule has 1 aromatic heterocycles. The number of benzene rings is 1. The lowest BCUT2D eigenvalue weighted by Crippen LogP contribution is -2.20. The molecule has 1 aromatic carbocycles. The lowest BCUT2D eigenvalue weighted by Gasteiger charge is -2.18. The van der Waals surface area contributed by atoms with E-state index < -0.39 is 0 Å². The van der Waals surface area contributed by atoms with Crippen molar-refractivity contribution in [3.05, 3.63) is 50.4 Å². The Morgan fingerprint density at radius 3 is 2.83 bits per heavy atom. The monoisotopic (exact) mass is 300 g/mol. The summed E-state index contributed by atoms with van der Waals surface area (Å²) in [5.74, 6) is 0. The maximum Gasteiger partial charge on any atom is 0.0795 e. The van der Waals surface area contributed by atoms with Gasteiger partial charge in [0.1, 0.15) is 0 Å². The van der Waals surface area contributed by atoms with E-state index in [0.29, 0.717) is 10.0 Å². The summed E-state index contributed by atoms with van der Waals surface area (Å²) < 4.78 is 0. The Morgan fingerprint density at radius 1 is 1.39 bits per heavy atom. The van der Waals surface area contributed by atoms with Gasteiger partial charge in [-0.25, -0.2) is 4.98 Å². The van der Waals surface area contributed by atoms with Crippen molar-refractivity contribution in [3.8, 4) is 0 Å². The molecule has 0 aliphatic rings. The predicted octanol–water partition coefficient (Wildman–Crippen LogP) is 4.69. The summed E-state index contributed by atoms with van der Waals surface area (Å²) in [5, 5.41) is 6.88. The Hall–Kier alpha value is -0.610. The third kappa shape index (κ3) is 3.45. The van der Waals surface area contributed by atoms with E-state index in [4.69, 9.17) is 23.2 Å². The van der Waals surface area contributed by atoms with E-state index >= 15 is 0 Å². The van der Waals surface area contributed by atoms with Crippen LogP contribution in [0.15, 0.2) is 29.1 Å². The molecule has 96 valence electrons. The lowest BCUT2D eigenvalue weighted by atomic mass is 10.0. The number of nitrogens with zero attached hydrogens (tertiary/aromatic N) is 1. The van der Waals surface area contributed by atoms with Gasteiger partial charge in [0.25, 0.3) is 0 Å². The number of nitrogens with one attached hydrogen (secondary N) is 1. The van der Waals surface area contributed by atoms with Crippen LogP contribution in [0, 0.1) is 0 Å². The maximum atomic E-state index is 6.23. The van der Waals surface area contributed by atoms with E-state index in [9.17, 15) is 0 Å². The van der Waals surface area contributed by atoms with Crippen molar-refractivity contribution in [2.45, 2.75) is 25.9 Å². The summed E-state index contributed by atoms with van der Waals surface area (Å²) in [5.41, 5.74) is 3.98. The first kappa shape index (κ1) is 13.8. The fourth-order valence-corrected chi connectivity index (χ4v) is 2.91. The molecule has 2 rings (SSSR count). The van der Waals surface area contributed by atoms with Gasteiger partial charge >= 0.3 is 0 Å². The first-order valence-corrected chi connectivity index (χ1v) is 7.46. The number of rotatable bonds is 5. The zero-order valence-electron chi connectivity index (χ0n) is 9.99. The van der Waals surface area contributed by atoms with Gasteiger partial charge in [0.15, 0.2) is 0 Å². The minimum atomic E-state index is 0.219. The molecule has 0 radical (unpaired) electrons. The minimum Gasteiger partial charge on any atom is -0.304 e. The molecule has 2 nitrogen and oxygen atoms in total. The third-order valence-corrected chi connectivity index (χ3v) is 3.96. The van der Waals surface area contributed by atoms with E-state index in [0.717, 1.165) is 24.2 Å². The van der Waals surface area contributed by atoms with Crippen molar-refractivity contribution >= 4 is 34.5 Å². The van der Waals surface area contributed by atoms with Crippen LogP contribution in [0.25, 0.3) is 0 Å². The smallest absolute Gasteiger partial charge is 0.0795 e. The molecule has 1 unspecified atom stereocenters. The Bertz CT molecular complexity index is 500. The highest BCUT2D eigenvalue weighted by Crippen LogP contribution is 2.28. The van der Waals surface area contributed by atoms with Crippen LogP contribution < -0.4 is 5.32 Å². The quantitative estimate of drug-likeness (QED) is 0.866. The van der Waals surface area contributed by atoms with Crippen LogP contribution >= 0.6 is 34.5 Å². The Labute approximate surface area is 121 Å². The summed E-state index contributed by atoms with van der Waals surface area (Å²) in [6.07, 6.45) is 0.964. The van der Waals surface area contributed by atoms with Gasteiger partial charge in [-0.1, -0.05) is 36.2 Å². The molecule has 5 heteroatoms. The maximum absolute atomic E-state index is 6.23. The number of hydrogen-bond acceptors (Lipinski definition) is 3. The van der Waals surface area contributed by atoms with E-state index in [1.807, 2.05) is 23.0 Å². The number of aromatic nitrogens is 1. The van der Waals surface area contributed by atoms with Crippen LogP contribution in [0.5, 0.6) is 0 Å². The molecule has 0 saturated heterocycles. The summed E-state index contributed by atoms with van der Waals surface area (Å²) in [6, 6.07) is 5.85. The molecule has 1 atom stereocenters. The summed E-state index contributed by atoms with van der Waals surface area (Å²) in [7, 11) is 0. The van der Waals surface area contributed by atoms with Crippen LogP contribution in [0.2, 0.25) is 10.0 Å². The second-order valence-electron chi connectivity index (χ2n) is 3.99. The highest BCUT2D eigenvalue weighted by Gasteiger charge is 2.13. The van der Waals surface area contributed by atoms with Gasteiger partial charge in [-0.2, -0.15) is 0 Å². The second-order valence-corrected chi connectivity index (χ2v) is 5.55. The lowest BCUT2D eigenvalue weighted by molar-refractivity contribution is 0.515. The van der Waals surface area contributed by atoms with Crippen LogP contribution in [0.3, 0.4) is 0 Å². The van der Waals surface area contributed by atoms with E-state index in [1.165, 1.54) is 0 Å². The largest absolute Gasteiger partial charge is 0.304 e. The molecule has 1 N–H and O–H groups in total. The summed E-state index contributed by atoms with van der Waals surface area (Å²) in [6.45, 7) is 2.88. The molecule has 0 saturated carbocycles. The van der Waals surface area contributed by atoms with Crippen molar-refractivity contribution in [2.75, 3.05) is 0 Å². The molecule has 0 spiro atoms. The zero-order chi connectivity index (χ0) is 13.0. The van der Waals surface area contributed by atoms with Gasteiger partial charge in [0, 0.05) is 28.0 Å². The van der Waals surface area contributed by atoms with E-state index in [-0.39, 0.29) is 6.04 Å². The van der Waals surface area contributed by atoms with Crippen molar-refractivity contribution in [2.24, 2.45) is 0 Å². The first-order chi connectivity index (χ1) is 8.70. The van der Waals surface area contributed by atoms with Crippen LogP contribution in [-0.4, -0.2) is 4.98 Å². The molecular weight excluding hydrogens is 287 g/mol. The molecule has 0 amide bonds.